The fraction of sp³-hybridized carbons (Fsp3) is 0.714. The SMILES string of the molecule is CC1SCCSC1c1nc(N)c(I)c(C2CCCC2)n1. The Kier molecular flexibility index (Phi) is 5.02. The monoisotopic (exact) mass is 421 g/mol. The van der Waals surface area contributed by atoms with E-state index < -0.39 is 0 Å². The number of hydrogen-bond acceptors (Lipinski definition) is 5. The lowest BCUT2D eigenvalue weighted by molar-refractivity contribution is 0.674. The van der Waals surface area contributed by atoms with Crippen molar-refractivity contribution in [2.75, 3.05) is 17.2 Å². The first-order chi connectivity index (χ1) is 9.66. The van der Waals surface area contributed by atoms with Gasteiger partial charge in [0.05, 0.1) is 14.5 Å². The Morgan fingerprint density at radius 2 is 1.85 bits per heavy atom. The first-order valence-electron chi connectivity index (χ1n) is 7.23. The Bertz CT molecular complexity index is 492. The fourth-order valence-electron chi connectivity index (χ4n) is 3.01. The highest BCUT2D eigenvalue weighted by Gasteiger charge is 2.30. The minimum absolute atomic E-state index is 0.396. The molecule has 2 N–H and O–H groups in total. The molecule has 1 aromatic rings. The van der Waals surface area contributed by atoms with Crippen LogP contribution in [0.5, 0.6) is 0 Å². The second-order valence-corrected chi connectivity index (χ2v) is 9.33. The van der Waals surface area contributed by atoms with E-state index in [2.05, 4.69) is 34.5 Å². The van der Waals surface area contributed by atoms with Gasteiger partial charge >= 0.3 is 0 Å². The average Bonchev–Trinajstić information content (AvgIpc) is 2.96. The van der Waals surface area contributed by atoms with Crippen LogP contribution in [0.15, 0.2) is 0 Å². The van der Waals surface area contributed by atoms with Crippen molar-refractivity contribution in [3.63, 3.8) is 0 Å². The number of nitrogens with two attached hydrogens (primary N) is 1. The van der Waals surface area contributed by atoms with Gasteiger partial charge in [-0.1, -0.05) is 19.8 Å². The molecule has 3 rings (SSSR count). The number of hydrogen-bond donors (Lipinski definition) is 1. The maximum Gasteiger partial charge on any atom is 0.145 e. The molecule has 1 aliphatic heterocycles. The summed E-state index contributed by atoms with van der Waals surface area (Å²) in [5.41, 5.74) is 7.38. The van der Waals surface area contributed by atoms with Gasteiger partial charge in [-0.25, -0.2) is 9.97 Å². The van der Waals surface area contributed by atoms with E-state index in [1.807, 2.05) is 23.5 Å². The van der Waals surface area contributed by atoms with Crippen LogP contribution in [0.25, 0.3) is 0 Å². The number of halogens is 1. The normalized spacial score (nSPS) is 27.9. The van der Waals surface area contributed by atoms with Gasteiger partial charge in [0, 0.05) is 22.7 Å². The molecule has 2 unspecified atom stereocenters. The molecule has 1 aromatic heterocycles. The van der Waals surface area contributed by atoms with E-state index >= 15 is 0 Å². The van der Waals surface area contributed by atoms with E-state index in [1.54, 1.807) is 0 Å². The highest BCUT2D eigenvalue weighted by molar-refractivity contribution is 14.1. The average molecular weight is 421 g/mol. The minimum atomic E-state index is 0.396. The minimum Gasteiger partial charge on any atom is -0.383 e. The smallest absolute Gasteiger partial charge is 0.145 e. The number of aromatic nitrogens is 2. The molecule has 0 spiro atoms. The van der Waals surface area contributed by atoms with Crippen molar-refractivity contribution >= 4 is 51.9 Å². The number of thioether (sulfide) groups is 2. The van der Waals surface area contributed by atoms with E-state index in [4.69, 9.17) is 10.7 Å². The van der Waals surface area contributed by atoms with Crippen molar-refractivity contribution in [1.29, 1.82) is 0 Å². The van der Waals surface area contributed by atoms with E-state index in [-0.39, 0.29) is 0 Å². The highest BCUT2D eigenvalue weighted by Crippen LogP contribution is 2.43. The lowest BCUT2D eigenvalue weighted by Gasteiger charge is -2.27. The van der Waals surface area contributed by atoms with Crippen LogP contribution in [0.1, 0.15) is 55.3 Å². The van der Waals surface area contributed by atoms with Crippen LogP contribution in [0.4, 0.5) is 5.82 Å². The fourth-order valence-corrected chi connectivity index (χ4v) is 6.39. The molecule has 1 aliphatic carbocycles. The summed E-state index contributed by atoms with van der Waals surface area (Å²) in [5.74, 6) is 4.67. The summed E-state index contributed by atoms with van der Waals surface area (Å²) in [6.45, 7) is 2.29. The third-order valence-corrected chi connectivity index (χ3v) is 8.30. The molecule has 0 bridgehead atoms. The molecule has 1 saturated heterocycles. The molecule has 3 nitrogen and oxygen atoms in total. The number of rotatable bonds is 2. The molecular formula is C14H20IN3S2. The van der Waals surface area contributed by atoms with Gasteiger partial charge in [-0.05, 0) is 35.4 Å². The molecule has 0 amide bonds. The summed E-state index contributed by atoms with van der Waals surface area (Å²) in [6, 6.07) is 0. The molecule has 1 saturated carbocycles. The molecule has 2 atom stereocenters. The lowest BCUT2D eigenvalue weighted by atomic mass is 10.0. The summed E-state index contributed by atoms with van der Waals surface area (Å²) in [5, 5.41) is 0.970. The summed E-state index contributed by atoms with van der Waals surface area (Å²) >= 11 is 6.34. The number of nitrogens with zero attached hydrogens (tertiary/aromatic N) is 2. The quantitative estimate of drug-likeness (QED) is 0.725. The van der Waals surface area contributed by atoms with Crippen molar-refractivity contribution in [2.24, 2.45) is 0 Å². The van der Waals surface area contributed by atoms with Crippen molar-refractivity contribution < 1.29 is 0 Å². The molecule has 20 heavy (non-hydrogen) atoms. The Labute approximate surface area is 142 Å². The van der Waals surface area contributed by atoms with Crippen LogP contribution in [-0.4, -0.2) is 26.7 Å². The summed E-state index contributed by atoms with van der Waals surface area (Å²) in [7, 11) is 0. The molecular weight excluding hydrogens is 401 g/mol. The van der Waals surface area contributed by atoms with Crippen LogP contribution in [0.2, 0.25) is 0 Å². The molecule has 110 valence electrons. The Hall–Kier alpha value is 0.310. The van der Waals surface area contributed by atoms with E-state index in [1.165, 1.54) is 42.9 Å². The Balaban J connectivity index is 1.95. The van der Waals surface area contributed by atoms with Gasteiger partial charge in [-0.3, -0.25) is 0 Å². The second kappa shape index (κ2) is 6.60. The highest BCUT2D eigenvalue weighted by atomic mass is 127. The van der Waals surface area contributed by atoms with Gasteiger partial charge in [0.25, 0.3) is 0 Å². The van der Waals surface area contributed by atoms with Gasteiger partial charge in [-0.15, -0.1) is 11.8 Å². The summed E-state index contributed by atoms with van der Waals surface area (Å²) in [6.07, 6.45) is 5.16. The molecule has 2 heterocycles. The Morgan fingerprint density at radius 3 is 2.55 bits per heavy atom. The van der Waals surface area contributed by atoms with Crippen molar-refractivity contribution in [1.82, 2.24) is 9.97 Å². The molecule has 0 aromatic carbocycles. The second-order valence-electron chi connectivity index (χ2n) is 5.51. The van der Waals surface area contributed by atoms with Crippen LogP contribution in [0.3, 0.4) is 0 Å². The van der Waals surface area contributed by atoms with Crippen LogP contribution >= 0.6 is 46.1 Å². The maximum atomic E-state index is 6.17. The van der Waals surface area contributed by atoms with Gasteiger partial charge in [0.1, 0.15) is 11.6 Å². The van der Waals surface area contributed by atoms with Gasteiger partial charge in [0.15, 0.2) is 0 Å². The number of nitrogen functional groups attached to an aromatic ring is 1. The zero-order valence-corrected chi connectivity index (χ0v) is 15.4. The number of anilines is 1. The molecule has 2 aliphatic rings. The van der Waals surface area contributed by atoms with Crippen molar-refractivity contribution in [3.05, 3.63) is 15.1 Å². The molecule has 6 heteroatoms. The lowest BCUT2D eigenvalue weighted by Crippen LogP contribution is -2.20. The first-order valence-corrected chi connectivity index (χ1v) is 10.4. The zero-order valence-electron chi connectivity index (χ0n) is 11.6. The van der Waals surface area contributed by atoms with Gasteiger partial charge < -0.3 is 5.73 Å². The van der Waals surface area contributed by atoms with Gasteiger partial charge in [0.2, 0.25) is 0 Å². The van der Waals surface area contributed by atoms with E-state index in [9.17, 15) is 0 Å². The van der Waals surface area contributed by atoms with E-state index in [0.29, 0.717) is 22.2 Å². The Morgan fingerprint density at radius 1 is 1.15 bits per heavy atom. The summed E-state index contributed by atoms with van der Waals surface area (Å²) < 4.78 is 1.08. The maximum absolute atomic E-state index is 6.17. The topological polar surface area (TPSA) is 51.8 Å². The van der Waals surface area contributed by atoms with Gasteiger partial charge in [-0.2, -0.15) is 11.8 Å². The third kappa shape index (κ3) is 3.06. The van der Waals surface area contributed by atoms with Crippen LogP contribution < -0.4 is 5.73 Å². The zero-order chi connectivity index (χ0) is 14.1. The predicted octanol–water partition coefficient (Wildman–Crippen LogP) is 4.23. The molecule has 2 fully saturated rings. The predicted molar refractivity (Wildman–Crippen MR) is 97.5 cm³/mol. The van der Waals surface area contributed by atoms with Crippen LogP contribution in [0, 0.1) is 3.57 Å². The first kappa shape index (κ1) is 15.2. The molecule has 0 radical (unpaired) electrons. The largest absolute Gasteiger partial charge is 0.383 e. The van der Waals surface area contributed by atoms with E-state index in [0.717, 1.165) is 9.39 Å². The van der Waals surface area contributed by atoms with Crippen molar-refractivity contribution in [2.45, 2.75) is 49.0 Å². The van der Waals surface area contributed by atoms with Crippen molar-refractivity contribution in [3.8, 4) is 0 Å². The summed E-state index contributed by atoms with van der Waals surface area (Å²) in [4.78, 5) is 9.56. The standard InChI is InChI=1S/C14H20IN3S2/c1-8-12(20-7-6-19-8)14-17-11(9-4-2-3-5-9)10(15)13(16)18-14/h8-9,12H,2-7H2,1H3,(H2,16,17,18). The third-order valence-electron chi connectivity index (χ3n) is 4.10. The van der Waals surface area contributed by atoms with Crippen LogP contribution in [-0.2, 0) is 0 Å².